The van der Waals surface area contributed by atoms with E-state index >= 15 is 0 Å². The Morgan fingerprint density at radius 1 is 0.765 bits per heavy atom. The fourth-order valence-corrected chi connectivity index (χ4v) is 3.90. The van der Waals surface area contributed by atoms with Crippen molar-refractivity contribution in [3.8, 4) is 0 Å². The average Bonchev–Trinajstić information content (AvgIpc) is 2.38. The van der Waals surface area contributed by atoms with Gasteiger partial charge in [0.25, 0.3) is 0 Å². The van der Waals surface area contributed by atoms with E-state index in [2.05, 4.69) is 28.9 Å². The summed E-state index contributed by atoms with van der Waals surface area (Å²) in [5.41, 5.74) is 2.47. The molecule has 2 aromatic carbocycles. The fraction of sp³-hybridized carbons (Fsp3) is 0.0714. The average molecular weight is 352 g/mol. The second-order valence-electron chi connectivity index (χ2n) is 3.62. The molecular weight excluding hydrogens is 340 g/mol. The Bertz CT molecular complexity index is 451. The third-order valence-electron chi connectivity index (χ3n) is 2.52. The zero-order chi connectivity index (χ0) is 12.1. The van der Waals surface area contributed by atoms with Crippen LogP contribution in [0.2, 0.25) is 0 Å². The molecule has 0 fully saturated rings. The second kappa shape index (κ2) is 6.45. The Morgan fingerprint density at radius 2 is 1.18 bits per heavy atom. The summed E-state index contributed by atoms with van der Waals surface area (Å²) in [6.07, 6.45) is 0. The summed E-state index contributed by atoms with van der Waals surface area (Å²) in [5, 5.41) is 0. The molecule has 0 aliphatic heterocycles. The van der Waals surface area contributed by atoms with E-state index in [1.807, 2.05) is 36.4 Å². The summed E-state index contributed by atoms with van der Waals surface area (Å²) in [6, 6.07) is 20.6. The molecule has 0 nitrogen and oxygen atoms in total. The van der Waals surface area contributed by atoms with E-state index in [4.69, 9.17) is 19.4 Å². The van der Waals surface area contributed by atoms with Crippen LogP contribution in [-0.2, 0) is 13.5 Å². The van der Waals surface area contributed by atoms with Crippen LogP contribution >= 0.6 is 19.4 Å². The third-order valence-corrected chi connectivity index (χ3v) is 4.60. The van der Waals surface area contributed by atoms with E-state index < -0.39 is 13.5 Å². The van der Waals surface area contributed by atoms with Gasteiger partial charge in [-0.15, -0.1) is 0 Å². The molecule has 0 amide bonds. The molecule has 0 spiro atoms. The van der Waals surface area contributed by atoms with E-state index in [1.165, 1.54) is 11.1 Å². The van der Waals surface area contributed by atoms with Crippen LogP contribution < -0.4 is 0 Å². The Morgan fingerprint density at radius 3 is 1.53 bits per heavy atom. The van der Waals surface area contributed by atoms with Crippen molar-refractivity contribution in [3.05, 3.63) is 71.8 Å². The molecule has 2 rings (SSSR count). The summed E-state index contributed by atoms with van der Waals surface area (Å²) in [7, 11) is 12.1. The number of rotatable bonds is 3. The predicted molar refractivity (Wildman–Crippen MR) is 72.5 cm³/mol. The van der Waals surface area contributed by atoms with Gasteiger partial charge in [-0.05, 0) is 0 Å². The van der Waals surface area contributed by atoms with Crippen LogP contribution in [0.3, 0.4) is 0 Å². The Balaban J connectivity index is 2.43. The van der Waals surface area contributed by atoms with E-state index in [1.54, 1.807) is 0 Å². The van der Waals surface area contributed by atoms with Gasteiger partial charge in [-0.1, -0.05) is 0 Å². The first-order valence-corrected chi connectivity index (χ1v) is 10.7. The predicted octanol–water partition coefficient (Wildman–Crippen LogP) is 4.55. The molecule has 0 aromatic heterocycles. The Kier molecular flexibility index (Phi) is 4.91. The van der Waals surface area contributed by atoms with Gasteiger partial charge in [0.1, 0.15) is 0 Å². The van der Waals surface area contributed by atoms with Crippen LogP contribution in [0.25, 0.3) is 0 Å². The second-order valence-corrected chi connectivity index (χ2v) is 9.42. The molecule has 0 unspecified atom stereocenters. The topological polar surface area (TPSA) is 0 Å². The summed E-state index contributed by atoms with van der Waals surface area (Å²) < 4.78 is 2.08. The van der Waals surface area contributed by atoms with E-state index in [0.29, 0.717) is 0 Å². The van der Waals surface area contributed by atoms with E-state index in [0.717, 1.165) is 0 Å². The summed E-state index contributed by atoms with van der Waals surface area (Å²) in [4.78, 5) is 0. The van der Waals surface area contributed by atoms with Crippen molar-refractivity contribution in [2.45, 2.75) is 5.92 Å². The van der Waals surface area contributed by atoms with Gasteiger partial charge < -0.3 is 0 Å². The zero-order valence-corrected chi connectivity index (χ0v) is 12.3. The number of hydrogen-bond acceptors (Lipinski definition) is 0. The molecule has 0 N–H and O–H groups in total. The minimum atomic E-state index is -1.79. The molecule has 0 saturated heterocycles. The van der Waals surface area contributed by atoms with Gasteiger partial charge in [0.15, 0.2) is 0 Å². The number of halogens is 2. The van der Waals surface area contributed by atoms with Gasteiger partial charge in [0.2, 0.25) is 0 Å². The van der Waals surface area contributed by atoms with Crippen molar-refractivity contribution >= 4 is 24.0 Å². The molecule has 0 aliphatic rings. The van der Waals surface area contributed by atoms with Crippen LogP contribution in [0.1, 0.15) is 17.0 Å². The monoisotopic (exact) mass is 352 g/mol. The van der Waals surface area contributed by atoms with Crippen LogP contribution in [0.4, 0.5) is 0 Å². The SMILES string of the molecule is [Cl][Ru]([Cl])=[CH]C(c1ccccc1)c1ccccc1. The number of hydrogen-bond donors (Lipinski definition) is 0. The van der Waals surface area contributed by atoms with Crippen molar-refractivity contribution in [2.75, 3.05) is 0 Å². The molecule has 3 heteroatoms. The molecule has 0 saturated carbocycles. The molecule has 0 bridgehead atoms. The van der Waals surface area contributed by atoms with Gasteiger partial charge in [-0.2, -0.15) is 0 Å². The maximum absolute atomic E-state index is 6.03. The van der Waals surface area contributed by atoms with Crippen LogP contribution in [0, 0.1) is 0 Å². The molecular formula is C14H12Cl2Ru. The van der Waals surface area contributed by atoms with Crippen LogP contribution in [0.15, 0.2) is 60.7 Å². The fourth-order valence-electron chi connectivity index (χ4n) is 1.74. The normalized spacial score (nSPS) is 11.4. The van der Waals surface area contributed by atoms with Gasteiger partial charge in [-0.3, -0.25) is 0 Å². The standard InChI is InChI=1S/C14H12.2ClH.Ru/c1-12(13-8-4-2-5-9-13)14-10-6-3-7-11-14;;;/h1-12H;2*1H;/q;;;+2/p-2. The van der Waals surface area contributed by atoms with Crippen LogP contribution in [-0.4, -0.2) is 4.61 Å². The van der Waals surface area contributed by atoms with Gasteiger partial charge in [0.05, 0.1) is 0 Å². The molecule has 2 aromatic rings. The molecule has 0 aliphatic carbocycles. The molecule has 0 atom stereocenters. The van der Waals surface area contributed by atoms with Gasteiger partial charge >= 0.3 is 115 Å². The number of benzene rings is 2. The minimum absolute atomic E-state index is 0.200. The van der Waals surface area contributed by atoms with Crippen molar-refractivity contribution in [3.63, 3.8) is 0 Å². The van der Waals surface area contributed by atoms with Gasteiger partial charge in [0, 0.05) is 0 Å². The Hall–Kier alpha value is -0.487. The quantitative estimate of drug-likeness (QED) is 0.711. The first-order chi connectivity index (χ1) is 8.27. The Labute approximate surface area is 115 Å². The third kappa shape index (κ3) is 3.74. The maximum atomic E-state index is 6.03. The molecule has 90 valence electrons. The molecule has 17 heavy (non-hydrogen) atoms. The van der Waals surface area contributed by atoms with Crippen molar-refractivity contribution in [1.82, 2.24) is 0 Å². The van der Waals surface area contributed by atoms with E-state index in [-0.39, 0.29) is 5.92 Å². The van der Waals surface area contributed by atoms with Crippen molar-refractivity contribution < 1.29 is 13.5 Å². The van der Waals surface area contributed by atoms with Crippen molar-refractivity contribution in [1.29, 1.82) is 0 Å². The molecule has 0 heterocycles. The zero-order valence-electron chi connectivity index (χ0n) is 9.04. The first-order valence-electron chi connectivity index (χ1n) is 5.20. The van der Waals surface area contributed by atoms with Gasteiger partial charge in [-0.25, -0.2) is 0 Å². The summed E-state index contributed by atoms with van der Waals surface area (Å²) in [6.45, 7) is 0. The molecule has 0 radical (unpaired) electrons. The summed E-state index contributed by atoms with van der Waals surface area (Å²) >= 11 is -1.79. The van der Waals surface area contributed by atoms with Crippen molar-refractivity contribution in [2.24, 2.45) is 0 Å². The van der Waals surface area contributed by atoms with Crippen LogP contribution in [0.5, 0.6) is 0 Å². The van der Waals surface area contributed by atoms with E-state index in [9.17, 15) is 0 Å². The summed E-state index contributed by atoms with van der Waals surface area (Å²) in [5.74, 6) is 0.200. The first kappa shape index (κ1) is 13.0.